The highest BCUT2D eigenvalue weighted by Crippen LogP contribution is 2.35. The molecule has 0 amide bonds. The lowest BCUT2D eigenvalue weighted by atomic mass is 9.97. The minimum absolute atomic E-state index is 0.0950. The van der Waals surface area contributed by atoms with Crippen LogP contribution in [0.1, 0.15) is 41.8 Å². The van der Waals surface area contributed by atoms with Gasteiger partial charge in [-0.25, -0.2) is 9.07 Å². The molecule has 1 aliphatic rings. The molecule has 2 N–H and O–H groups in total. The number of hydrogen-bond acceptors (Lipinski definition) is 6. The number of benzene rings is 1. The van der Waals surface area contributed by atoms with E-state index >= 15 is 0 Å². The van der Waals surface area contributed by atoms with Crippen molar-refractivity contribution in [2.45, 2.75) is 24.9 Å². The quantitative estimate of drug-likeness (QED) is 0.646. The highest BCUT2D eigenvalue weighted by Gasteiger charge is 2.21. The molecule has 0 bridgehead atoms. The molecule has 160 valence electrons. The first-order chi connectivity index (χ1) is 15.1. The monoisotopic (exact) mass is 421 g/mol. The maximum atomic E-state index is 13.8. The predicted molar refractivity (Wildman–Crippen MR) is 113 cm³/mol. The van der Waals surface area contributed by atoms with E-state index in [1.54, 1.807) is 35.0 Å². The molecule has 0 unspecified atom stereocenters. The van der Waals surface area contributed by atoms with Crippen LogP contribution in [0, 0.1) is 11.3 Å². The Morgan fingerprint density at radius 3 is 2.77 bits per heavy atom. The van der Waals surface area contributed by atoms with Crippen LogP contribution in [0.2, 0.25) is 0 Å². The topological polar surface area (TPSA) is 99.0 Å². The maximum Gasteiger partial charge on any atom is 0.217 e. The predicted octanol–water partition coefficient (Wildman–Crippen LogP) is 4.01. The normalized spacial score (nSPS) is 15.4. The van der Waals surface area contributed by atoms with Gasteiger partial charge >= 0.3 is 0 Å². The van der Waals surface area contributed by atoms with Crippen molar-refractivity contribution in [3.05, 3.63) is 59.4 Å². The number of aryl methyl sites for hydroxylation is 1. The van der Waals surface area contributed by atoms with Crippen LogP contribution in [0.3, 0.4) is 0 Å². The molecular formula is C23H24FN5O2. The van der Waals surface area contributed by atoms with Crippen molar-refractivity contribution in [2.24, 2.45) is 12.8 Å². The van der Waals surface area contributed by atoms with E-state index in [-0.39, 0.29) is 6.54 Å². The van der Waals surface area contributed by atoms with Gasteiger partial charge in [0.2, 0.25) is 5.88 Å². The summed E-state index contributed by atoms with van der Waals surface area (Å²) >= 11 is 0. The molecule has 3 aromatic rings. The van der Waals surface area contributed by atoms with Crippen LogP contribution in [-0.4, -0.2) is 34.5 Å². The third-order valence-electron chi connectivity index (χ3n) is 5.45. The molecule has 1 atom stereocenters. The van der Waals surface area contributed by atoms with Gasteiger partial charge in [-0.15, -0.1) is 0 Å². The fourth-order valence-corrected chi connectivity index (χ4v) is 3.65. The van der Waals surface area contributed by atoms with Gasteiger partial charge in [-0.1, -0.05) is 6.07 Å². The molecule has 4 rings (SSSR count). The number of halogens is 1. The zero-order valence-electron chi connectivity index (χ0n) is 17.3. The van der Waals surface area contributed by atoms with Gasteiger partial charge in [-0.2, -0.15) is 10.4 Å². The summed E-state index contributed by atoms with van der Waals surface area (Å²) in [6.07, 6.45) is 2.08. The summed E-state index contributed by atoms with van der Waals surface area (Å²) in [5.41, 5.74) is 8.57. The Labute approximate surface area is 180 Å². The molecule has 1 fully saturated rings. The molecule has 7 nitrogen and oxygen atoms in total. The van der Waals surface area contributed by atoms with Gasteiger partial charge in [0.1, 0.15) is 11.9 Å². The standard InChI is InChI=1S/C23H24FN5O2/c1-29-23(11-21(28-29)16-6-8-30-9-7-16)31-22-10-15(12-25)2-4-18(22)20-5-3-17(14-27-20)19(24)13-26/h2-5,10-11,14,16,19H,6-9,13,26H2,1H3/t19-/m0/s1. The lowest BCUT2D eigenvalue weighted by Gasteiger charge is -2.19. The molecule has 31 heavy (non-hydrogen) atoms. The number of rotatable bonds is 6. The maximum absolute atomic E-state index is 13.8. The Balaban J connectivity index is 1.65. The summed E-state index contributed by atoms with van der Waals surface area (Å²) in [4.78, 5) is 4.38. The smallest absolute Gasteiger partial charge is 0.217 e. The third-order valence-corrected chi connectivity index (χ3v) is 5.45. The lowest BCUT2D eigenvalue weighted by molar-refractivity contribution is 0.0844. The molecule has 2 aromatic heterocycles. The number of nitrogens with zero attached hydrogens (tertiary/aromatic N) is 4. The molecule has 1 aliphatic heterocycles. The van der Waals surface area contributed by atoms with Crippen molar-refractivity contribution in [3.63, 3.8) is 0 Å². The summed E-state index contributed by atoms with van der Waals surface area (Å²) in [7, 11) is 1.83. The first-order valence-electron chi connectivity index (χ1n) is 10.2. The first-order valence-corrected chi connectivity index (χ1v) is 10.2. The zero-order chi connectivity index (χ0) is 21.8. The Hall–Kier alpha value is -3.28. The number of nitrogens with two attached hydrogens (primary N) is 1. The van der Waals surface area contributed by atoms with Crippen molar-refractivity contribution < 1.29 is 13.9 Å². The third kappa shape index (κ3) is 4.58. The van der Waals surface area contributed by atoms with Crippen LogP contribution >= 0.6 is 0 Å². The van der Waals surface area contributed by atoms with Crippen molar-refractivity contribution in [3.8, 4) is 29.0 Å². The Morgan fingerprint density at radius 2 is 2.10 bits per heavy atom. The van der Waals surface area contributed by atoms with Gasteiger partial charge in [0.15, 0.2) is 0 Å². The van der Waals surface area contributed by atoms with Gasteiger partial charge in [-0.05, 0) is 37.1 Å². The Morgan fingerprint density at radius 1 is 1.29 bits per heavy atom. The highest BCUT2D eigenvalue weighted by atomic mass is 19.1. The summed E-state index contributed by atoms with van der Waals surface area (Å²) in [6, 6.07) is 12.6. The number of pyridine rings is 1. The molecule has 1 saturated heterocycles. The average molecular weight is 421 g/mol. The summed E-state index contributed by atoms with van der Waals surface area (Å²) in [5, 5.41) is 14.0. The minimum atomic E-state index is -1.25. The van der Waals surface area contributed by atoms with E-state index in [0.29, 0.717) is 39.9 Å². The molecule has 0 saturated carbocycles. The summed E-state index contributed by atoms with van der Waals surface area (Å²) in [5.74, 6) is 1.39. The lowest BCUT2D eigenvalue weighted by Crippen LogP contribution is -2.14. The van der Waals surface area contributed by atoms with Crippen molar-refractivity contribution >= 4 is 0 Å². The van der Waals surface area contributed by atoms with E-state index < -0.39 is 6.17 Å². The van der Waals surface area contributed by atoms with Crippen molar-refractivity contribution in [1.29, 1.82) is 5.26 Å². The molecule has 0 spiro atoms. The van der Waals surface area contributed by atoms with E-state index in [4.69, 9.17) is 15.2 Å². The van der Waals surface area contributed by atoms with Crippen LogP contribution in [-0.2, 0) is 11.8 Å². The number of hydrogen-bond donors (Lipinski definition) is 1. The fourth-order valence-electron chi connectivity index (χ4n) is 3.65. The van der Waals surface area contributed by atoms with Gasteiger partial charge < -0.3 is 15.2 Å². The van der Waals surface area contributed by atoms with Crippen molar-refractivity contribution in [1.82, 2.24) is 14.8 Å². The number of alkyl halides is 1. The SMILES string of the molecule is Cn1nc(C2CCOCC2)cc1Oc1cc(C#N)ccc1-c1ccc([C@@H](F)CN)cn1. The zero-order valence-corrected chi connectivity index (χ0v) is 17.3. The van der Waals surface area contributed by atoms with Crippen LogP contribution in [0.25, 0.3) is 11.3 Å². The molecule has 0 aliphatic carbocycles. The average Bonchev–Trinajstić information content (AvgIpc) is 3.19. The second kappa shape index (κ2) is 9.25. The molecule has 3 heterocycles. The van der Waals surface area contributed by atoms with E-state index in [0.717, 1.165) is 31.7 Å². The van der Waals surface area contributed by atoms with Gasteiger partial charge in [0.25, 0.3) is 0 Å². The number of nitriles is 1. The van der Waals surface area contributed by atoms with Gasteiger partial charge in [0.05, 0.1) is 23.0 Å². The second-order valence-corrected chi connectivity index (χ2v) is 7.52. The van der Waals surface area contributed by atoms with Crippen LogP contribution in [0.5, 0.6) is 11.6 Å². The fraction of sp³-hybridized carbons (Fsp3) is 0.348. The Kier molecular flexibility index (Phi) is 6.26. The van der Waals surface area contributed by atoms with Crippen LogP contribution < -0.4 is 10.5 Å². The van der Waals surface area contributed by atoms with Gasteiger partial charge in [0, 0.05) is 56.1 Å². The summed E-state index contributed by atoms with van der Waals surface area (Å²) in [6.45, 7) is 1.37. The number of aromatic nitrogens is 3. The largest absolute Gasteiger partial charge is 0.439 e. The van der Waals surface area contributed by atoms with E-state index in [1.165, 1.54) is 6.20 Å². The molecule has 1 aromatic carbocycles. The van der Waals surface area contributed by atoms with E-state index in [1.807, 2.05) is 13.1 Å². The Bertz CT molecular complexity index is 1080. The van der Waals surface area contributed by atoms with Gasteiger partial charge in [-0.3, -0.25) is 4.98 Å². The van der Waals surface area contributed by atoms with Crippen molar-refractivity contribution in [2.75, 3.05) is 19.8 Å². The van der Waals surface area contributed by atoms with Crippen LogP contribution in [0.15, 0.2) is 42.6 Å². The summed E-state index contributed by atoms with van der Waals surface area (Å²) < 4.78 is 27.1. The first kappa shape index (κ1) is 21.0. The van der Waals surface area contributed by atoms with Crippen LogP contribution in [0.4, 0.5) is 4.39 Å². The van der Waals surface area contributed by atoms with E-state index in [2.05, 4.69) is 16.2 Å². The number of ether oxygens (including phenoxy) is 2. The highest BCUT2D eigenvalue weighted by molar-refractivity contribution is 5.69. The van der Waals surface area contributed by atoms with E-state index in [9.17, 15) is 9.65 Å². The molecule has 8 heteroatoms. The molecular weight excluding hydrogens is 397 g/mol. The second-order valence-electron chi connectivity index (χ2n) is 7.52. The molecule has 0 radical (unpaired) electrons. The minimum Gasteiger partial charge on any atom is -0.439 e.